The van der Waals surface area contributed by atoms with E-state index < -0.39 is 0 Å². The lowest BCUT2D eigenvalue weighted by molar-refractivity contribution is 0.0326. The summed E-state index contributed by atoms with van der Waals surface area (Å²) in [6, 6.07) is 13.7. The van der Waals surface area contributed by atoms with Crippen molar-refractivity contribution in [3.8, 4) is 11.8 Å². The van der Waals surface area contributed by atoms with Gasteiger partial charge in [0.15, 0.2) is 0 Å². The zero-order valence-electron chi connectivity index (χ0n) is 14.9. The van der Waals surface area contributed by atoms with Crippen molar-refractivity contribution in [3.05, 3.63) is 54.4 Å². The molecular weight excluding hydrogens is 328 g/mol. The van der Waals surface area contributed by atoms with E-state index in [0.29, 0.717) is 25.1 Å². The first kappa shape index (κ1) is 18.2. The number of morpholine rings is 1. The third-order valence-corrected chi connectivity index (χ3v) is 4.59. The highest BCUT2D eigenvalue weighted by atomic mass is 16.5. The van der Waals surface area contributed by atoms with Crippen LogP contribution in [0.5, 0.6) is 0 Å². The number of ether oxygens (including phenoxy) is 1. The van der Waals surface area contributed by atoms with Crippen LogP contribution in [0.15, 0.2) is 48.8 Å². The van der Waals surface area contributed by atoms with E-state index >= 15 is 0 Å². The van der Waals surface area contributed by atoms with Crippen molar-refractivity contribution in [1.82, 2.24) is 14.4 Å². The van der Waals surface area contributed by atoms with Crippen LogP contribution in [0.3, 0.4) is 0 Å². The molecule has 3 rings (SSSR count). The molecule has 2 heterocycles. The molecule has 0 radical (unpaired) electrons. The Kier molecular flexibility index (Phi) is 6.42. The van der Waals surface area contributed by atoms with Crippen molar-refractivity contribution in [2.45, 2.75) is 6.42 Å². The number of hydrogen-bond donors (Lipinski definition) is 0. The van der Waals surface area contributed by atoms with E-state index in [9.17, 15) is 4.79 Å². The van der Waals surface area contributed by atoms with Crippen molar-refractivity contribution >= 4 is 5.91 Å². The monoisotopic (exact) mass is 352 g/mol. The van der Waals surface area contributed by atoms with Gasteiger partial charge in [-0.25, -0.2) is 0 Å². The molecule has 6 heteroatoms. The largest absolute Gasteiger partial charge is 0.379 e. The zero-order valence-corrected chi connectivity index (χ0v) is 14.9. The summed E-state index contributed by atoms with van der Waals surface area (Å²) in [4.78, 5) is 17.0. The number of hydrogen-bond acceptors (Lipinski definition) is 4. The lowest BCUT2D eigenvalue weighted by atomic mass is 10.1. The second-order valence-electron chi connectivity index (χ2n) is 6.29. The second-order valence-corrected chi connectivity index (χ2v) is 6.29. The summed E-state index contributed by atoms with van der Waals surface area (Å²) >= 11 is 0. The Bertz CT molecular complexity index is 728. The molecule has 26 heavy (non-hydrogen) atoms. The van der Waals surface area contributed by atoms with Crippen LogP contribution in [-0.4, -0.2) is 66.2 Å². The lowest BCUT2D eigenvalue weighted by Gasteiger charge is -2.30. The van der Waals surface area contributed by atoms with Crippen molar-refractivity contribution in [1.29, 1.82) is 5.26 Å². The highest BCUT2D eigenvalue weighted by molar-refractivity contribution is 5.94. The number of amides is 1. The summed E-state index contributed by atoms with van der Waals surface area (Å²) in [7, 11) is 0. The van der Waals surface area contributed by atoms with E-state index in [4.69, 9.17) is 10.00 Å². The van der Waals surface area contributed by atoms with Gasteiger partial charge in [0.25, 0.3) is 5.91 Å². The molecule has 0 spiro atoms. The Morgan fingerprint density at radius 1 is 1.12 bits per heavy atom. The molecule has 0 unspecified atom stereocenters. The van der Waals surface area contributed by atoms with Gasteiger partial charge in [-0.1, -0.05) is 0 Å². The average Bonchev–Trinajstić information content (AvgIpc) is 3.23. The molecule has 0 N–H and O–H groups in total. The Morgan fingerprint density at radius 2 is 1.81 bits per heavy atom. The summed E-state index contributed by atoms with van der Waals surface area (Å²) in [5, 5.41) is 8.91. The summed E-state index contributed by atoms with van der Waals surface area (Å²) in [5.41, 5.74) is 1.67. The van der Waals surface area contributed by atoms with Crippen molar-refractivity contribution < 1.29 is 9.53 Å². The first-order valence-corrected chi connectivity index (χ1v) is 8.97. The van der Waals surface area contributed by atoms with E-state index in [0.717, 1.165) is 38.5 Å². The summed E-state index contributed by atoms with van der Waals surface area (Å²) in [6.07, 6.45) is 4.28. The number of carbonyl (C=O) groups is 1. The third kappa shape index (κ3) is 4.72. The third-order valence-electron chi connectivity index (χ3n) is 4.59. The molecule has 2 aromatic rings. The zero-order chi connectivity index (χ0) is 18.2. The van der Waals surface area contributed by atoms with Gasteiger partial charge in [-0.2, -0.15) is 5.26 Å². The number of nitrogens with zero attached hydrogens (tertiary/aromatic N) is 4. The lowest BCUT2D eigenvalue weighted by Crippen LogP contribution is -2.43. The van der Waals surface area contributed by atoms with Crippen molar-refractivity contribution in [2.24, 2.45) is 0 Å². The number of rotatable bonds is 7. The molecule has 0 aliphatic carbocycles. The molecule has 1 aliphatic heterocycles. The summed E-state index contributed by atoms with van der Waals surface area (Å²) in [5.74, 6) is -0.0208. The van der Waals surface area contributed by atoms with Gasteiger partial charge < -0.3 is 14.2 Å². The quantitative estimate of drug-likeness (QED) is 0.766. The molecule has 1 saturated heterocycles. The maximum absolute atomic E-state index is 12.9. The SMILES string of the molecule is N#CCCN(CCN1CCOCC1)C(=O)c1ccc(-n2cccc2)cc1. The summed E-state index contributed by atoms with van der Waals surface area (Å²) < 4.78 is 7.36. The van der Waals surface area contributed by atoms with Gasteiger partial charge in [0.2, 0.25) is 0 Å². The molecule has 1 aromatic carbocycles. The van der Waals surface area contributed by atoms with Gasteiger partial charge in [0, 0.05) is 56.4 Å². The smallest absolute Gasteiger partial charge is 0.253 e. The number of benzene rings is 1. The molecule has 0 saturated carbocycles. The first-order chi connectivity index (χ1) is 12.8. The minimum Gasteiger partial charge on any atom is -0.379 e. The van der Waals surface area contributed by atoms with Crippen molar-refractivity contribution in [3.63, 3.8) is 0 Å². The van der Waals surface area contributed by atoms with Gasteiger partial charge in [0.05, 0.1) is 25.7 Å². The normalized spacial score (nSPS) is 14.7. The second kappa shape index (κ2) is 9.18. The fourth-order valence-corrected chi connectivity index (χ4v) is 3.05. The highest BCUT2D eigenvalue weighted by Gasteiger charge is 2.18. The summed E-state index contributed by atoms with van der Waals surface area (Å²) in [6.45, 7) is 5.17. The Morgan fingerprint density at radius 3 is 2.46 bits per heavy atom. The molecule has 1 aromatic heterocycles. The van der Waals surface area contributed by atoms with E-state index in [2.05, 4.69) is 11.0 Å². The number of aromatic nitrogens is 1. The van der Waals surface area contributed by atoms with Gasteiger partial charge in [0.1, 0.15) is 0 Å². The van der Waals surface area contributed by atoms with E-state index in [-0.39, 0.29) is 5.91 Å². The average molecular weight is 352 g/mol. The molecule has 1 fully saturated rings. The van der Waals surface area contributed by atoms with Crippen LogP contribution in [0.4, 0.5) is 0 Å². The van der Waals surface area contributed by atoms with Crippen LogP contribution < -0.4 is 0 Å². The molecular formula is C20H24N4O2. The van der Waals surface area contributed by atoms with E-state index in [1.165, 1.54) is 0 Å². The Balaban J connectivity index is 1.64. The highest BCUT2D eigenvalue weighted by Crippen LogP contribution is 2.12. The van der Waals surface area contributed by atoms with E-state index in [1.807, 2.05) is 53.4 Å². The minimum absolute atomic E-state index is 0.0208. The van der Waals surface area contributed by atoms with Gasteiger partial charge in [-0.15, -0.1) is 0 Å². The number of nitriles is 1. The first-order valence-electron chi connectivity index (χ1n) is 8.97. The molecule has 1 amide bonds. The molecule has 6 nitrogen and oxygen atoms in total. The van der Waals surface area contributed by atoms with Crippen LogP contribution in [0.25, 0.3) is 5.69 Å². The Labute approximate surface area is 154 Å². The molecule has 0 atom stereocenters. The molecule has 136 valence electrons. The molecule has 0 bridgehead atoms. The predicted molar refractivity (Wildman–Crippen MR) is 99.2 cm³/mol. The predicted octanol–water partition coefficient (Wildman–Crippen LogP) is 2.17. The maximum Gasteiger partial charge on any atom is 0.253 e. The maximum atomic E-state index is 12.9. The fraction of sp³-hybridized carbons (Fsp3) is 0.400. The molecule has 1 aliphatic rings. The van der Waals surface area contributed by atoms with E-state index in [1.54, 1.807) is 4.90 Å². The minimum atomic E-state index is -0.0208. The topological polar surface area (TPSA) is 61.5 Å². The Hall–Kier alpha value is -2.62. The van der Waals surface area contributed by atoms with Gasteiger partial charge in [-0.3, -0.25) is 9.69 Å². The van der Waals surface area contributed by atoms with Crippen LogP contribution in [0.2, 0.25) is 0 Å². The van der Waals surface area contributed by atoms with Crippen molar-refractivity contribution in [2.75, 3.05) is 45.9 Å². The fourth-order valence-electron chi connectivity index (χ4n) is 3.05. The van der Waals surface area contributed by atoms with Crippen LogP contribution in [0.1, 0.15) is 16.8 Å². The van der Waals surface area contributed by atoms with Gasteiger partial charge in [-0.05, 0) is 36.4 Å². The van der Waals surface area contributed by atoms with Gasteiger partial charge >= 0.3 is 0 Å². The number of carbonyl (C=O) groups excluding carboxylic acids is 1. The van der Waals surface area contributed by atoms with Crippen LogP contribution in [0, 0.1) is 11.3 Å². The standard InChI is InChI=1S/C20H24N4O2/c21-8-3-11-24(13-12-22-14-16-26-17-15-22)20(25)18-4-6-19(7-5-18)23-9-1-2-10-23/h1-2,4-7,9-10H,3,11-17H2. The van der Waals surface area contributed by atoms with Crippen LogP contribution in [-0.2, 0) is 4.74 Å². The van der Waals surface area contributed by atoms with Crippen LogP contribution >= 0.6 is 0 Å².